The summed E-state index contributed by atoms with van der Waals surface area (Å²) in [6.07, 6.45) is 4.58. The van der Waals surface area contributed by atoms with Crippen molar-refractivity contribution < 1.29 is 0 Å². The van der Waals surface area contributed by atoms with Crippen molar-refractivity contribution in [2.45, 2.75) is 19.3 Å². The van der Waals surface area contributed by atoms with E-state index in [1.165, 1.54) is 0 Å². The van der Waals surface area contributed by atoms with Crippen molar-refractivity contribution in [3.8, 4) is 0 Å². The van der Waals surface area contributed by atoms with Crippen LogP contribution in [0.25, 0.3) is 15.9 Å². The van der Waals surface area contributed by atoms with Crippen LogP contribution in [0.15, 0.2) is 18.3 Å². The van der Waals surface area contributed by atoms with E-state index in [0.717, 1.165) is 36.0 Å². The van der Waals surface area contributed by atoms with E-state index in [2.05, 4.69) is 14.8 Å². The number of aryl methyl sites for hydroxylation is 1. The first kappa shape index (κ1) is 10.7. The van der Waals surface area contributed by atoms with Crippen LogP contribution in [-0.4, -0.2) is 16.5 Å². The van der Waals surface area contributed by atoms with Gasteiger partial charge in [0.2, 0.25) is 5.69 Å². The number of hydrogen-bond acceptors (Lipinski definition) is 2. The second-order valence-electron chi connectivity index (χ2n) is 3.71. The standard InChI is InChI=1S/C12H14N4/c1-14-11-9(5-2-3-7-13)16-10-6-4-8-15-12(10)11/h4,6,8,16H,2-3,5,7,13H2. The first-order valence-electron chi connectivity index (χ1n) is 5.40. The molecule has 0 saturated carbocycles. The molecular formula is C12H14N4. The van der Waals surface area contributed by atoms with Gasteiger partial charge in [-0.15, -0.1) is 0 Å². The van der Waals surface area contributed by atoms with Crippen LogP contribution in [0.2, 0.25) is 0 Å². The van der Waals surface area contributed by atoms with Crippen LogP contribution >= 0.6 is 0 Å². The molecule has 2 heterocycles. The van der Waals surface area contributed by atoms with Crippen molar-refractivity contribution in [3.05, 3.63) is 35.4 Å². The Morgan fingerprint density at radius 3 is 3.06 bits per heavy atom. The molecule has 0 aromatic carbocycles. The Morgan fingerprint density at radius 1 is 1.44 bits per heavy atom. The summed E-state index contributed by atoms with van der Waals surface area (Å²) in [6.45, 7) is 7.90. The zero-order chi connectivity index (χ0) is 11.4. The van der Waals surface area contributed by atoms with Gasteiger partial charge in [0, 0.05) is 11.9 Å². The number of aromatic nitrogens is 2. The van der Waals surface area contributed by atoms with E-state index >= 15 is 0 Å². The Hall–Kier alpha value is -1.86. The summed E-state index contributed by atoms with van der Waals surface area (Å²) in [4.78, 5) is 11.1. The number of pyridine rings is 1. The van der Waals surface area contributed by atoms with Crippen LogP contribution in [0.1, 0.15) is 18.5 Å². The van der Waals surface area contributed by atoms with E-state index in [1.807, 2.05) is 12.1 Å². The van der Waals surface area contributed by atoms with Gasteiger partial charge >= 0.3 is 0 Å². The molecule has 0 spiro atoms. The summed E-state index contributed by atoms with van der Waals surface area (Å²) in [5, 5.41) is 0. The maximum absolute atomic E-state index is 7.20. The highest BCUT2D eigenvalue weighted by molar-refractivity contribution is 5.91. The molecule has 2 aromatic heterocycles. The van der Waals surface area contributed by atoms with Gasteiger partial charge in [-0.2, -0.15) is 0 Å². The van der Waals surface area contributed by atoms with Gasteiger partial charge in [0.05, 0.1) is 17.6 Å². The average Bonchev–Trinajstić information content (AvgIpc) is 2.67. The first-order valence-corrected chi connectivity index (χ1v) is 5.40. The summed E-state index contributed by atoms with van der Waals surface area (Å²) in [5.41, 5.74) is 8.82. The van der Waals surface area contributed by atoms with Crippen LogP contribution in [0.4, 0.5) is 5.69 Å². The van der Waals surface area contributed by atoms with Crippen molar-refractivity contribution in [1.29, 1.82) is 0 Å². The Bertz CT molecular complexity index is 521. The van der Waals surface area contributed by atoms with Crippen molar-refractivity contribution in [1.82, 2.24) is 9.97 Å². The van der Waals surface area contributed by atoms with E-state index < -0.39 is 0 Å². The summed E-state index contributed by atoms with van der Waals surface area (Å²) in [7, 11) is 0. The highest BCUT2D eigenvalue weighted by atomic mass is 14.9. The molecule has 0 unspecified atom stereocenters. The van der Waals surface area contributed by atoms with Crippen LogP contribution < -0.4 is 5.73 Å². The minimum atomic E-state index is 0.660. The third-order valence-electron chi connectivity index (χ3n) is 2.60. The monoisotopic (exact) mass is 214 g/mol. The van der Waals surface area contributed by atoms with Crippen LogP contribution in [0.5, 0.6) is 0 Å². The van der Waals surface area contributed by atoms with Crippen molar-refractivity contribution in [3.63, 3.8) is 0 Å². The molecule has 0 aliphatic rings. The maximum atomic E-state index is 7.20. The SMILES string of the molecule is [C-]#[N+]c1c(CCCCN)[nH]c2cccnc12. The van der Waals surface area contributed by atoms with Gasteiger partial charge in [0.15, 0.2) is 0 Å². The molecule has 0 bridgehead atoms. The number of unbranched alkanes of at least 4 members (excludes halogenated alkanes) is 1. The molecular weight excluding hydrogens is 200 g/mol. The first-order chi connectivity index (χ1) is 7.86. The highest BCUT2D eigenvalue weighted by Crippen LogP contribution is 2.29. The van der Waals surface area contributed by atoms with Gasteiger partial charge in [-0.05, 0) is 37.9 Å². The fourth-order valence-electron chi connectivity index (χ4n) is 1.81. The van der Waals surface area contributed by atoms with Gasteiger partial charge in [-0.25, -0.2) is 4.85 Å². The van der Waals surface area contributed by atoms with Crippen molar-refractivity contribution >= 4 is 16.7 Å². The lowest BCUT2D eigenvalue weighted by Crippen LogP contribution is -1.99. The number of nitrogens with zero attached hydrogens (tertiary/aromatic N) is 2. The predicted octanol–water partition coefficient (Wildman–Crippen LogP) is 2.40. The van der Waals surface area contributed by atoms with Gasteiger partial charge in [0.1, 0.15) is 0 Å². The number of H-pyrrole nitrogens is 1. The molecule has 0 aliphatic heterocycles. The molecule has 2 aromatic rings. The topological polar surface area (TPSA) is 59.1 Å². The summed E-state index contributed by atoms with van der Waals surface area (Å²) in [5.74, 6) is 0. The second-order valence-corrected chi connectivity index (χ2v) is 3.71. The Balaban J connectivity index is 2.34. The zero-order valence-corrected chi connectivity index (χ0v) is 9.03. The molecule has 82 valence electrons. The molecule has 0 saturated heterocycles. The molecule has 0 atom stereocenters. The van der Waals surface area contributed by atoms with Crippen LogP contribution in [0.3, 0.4) is 0 Å². The third-order valence-corrected chi connectivity index (χ3v) is 2.60. The fourth-order valence-corrected chi connectivity index (χ4v) is 1.81. The van der Waals surface area contributed by atoms with Gasteiger partial charge in [-0.3, -0.25) is 4.98 Å². The number of rotatable bonds is 4. The number of hydrogen-bond donors (Lipinski definition) is 2. The molecule has 4 heteroatoms. The fraction of sp³-hybridized carbons (Fsp3) is 0.333. The molecule has 16 heavy (non-hydrogen) atoms. The summed E-state index contributed by atoms with van der Waals surface area (Å²) >= 11 is 0. The van der Waals surface area contributed by atoms with Crippen LogP contribution in [0, 0.1) is 6.57 Å². The van der Waals surface area contributed by atoms with E-state index in [0.29, 0.717) is 12.2 Å². The molecule has 0 amide bonds. The Morgan fingerprint density at radius 2 is 2.31 bits per heavy atom. The molecule has 2 rings (SSSR count). The molecule has 0 radical (unpaired) electrons. The molecule has 0 fully saturated rings. The van der Waals surface area contributed by atoms with Crippen molar-refractivity contribution in [2.75, 3.05) is 6.54 Å². The Kier molecular flexibility index (Phi) is 3.18. The highest BCUT2D eigenvalue weighted by Gasteiger charge is 2.11. The smallest absolute Gasteiger partial charge is 0.232 e. The third kappa shape index (κ3) is 1.90. The minimum absolute atomic E-state index is 0.660. The Labute approximate surface area is 94.3 Å². The number of aromatic amines is 1. The predicted molar refractivity (Wildman–Crippen MR) is 64.3 cm³/mol. The molecule has 3 N–H and O–H groups in total. The lowest BCUT2D eigenvalue weighted by atomic mass is 10.2. The quantitative estimate of drug-likeness (QED) is 0.606. The molecule has 4 nitrogen and oxygen atoms in total. The summed E-state index contributed by atoms with van der Waals surface area (Å²) in [6, 6.07) is 3.82. The van der Waals surface area contributed by atoms with Crippen molar-refractivity contribution in [2.24, 2.45) is 5.73 Å². The van der Waals surface area contributed by atoms with E-state index in [-0.39, 0.29) is 0 Å². The van der Waals surface area contributed by atoms with Gasteiger partial charge in [0.25, 0.3) is 0 Å². The lowest BCUT2D eigenvalue weighted by Gasteiger charge is -1.97. The largest absolute Gasteiger partial charge is 0.368 e. The van der Waals surface area contributed by atoms with Crippen LogP contribution in [-0.2, 0) is 6.42 Å². The minimum Gasteiger partial charge on any atom is -0.368 e. The van der Waals surface area contributed by atoms with E-state index in [4.69, 9.17) is 12.3 Å². The lowest BCUT2D eigenvalue weighted by molar-refractivity contribution is 0.738. The number of nitrogens with two attached hydrogens (primary N) is 1. The van der Waals surface area contributed by atoms with Gasteiger partial charge in [-0.1, -0.05) is 0 Å². The number of nitrogens with one attached hydrogen (secondary N) is 1. The van der Waals surface area contributed by atoms with E-state index in [1.54, 1.807) is 6.20 Å². The van der Waals surface area contributed by atoms with Gasteiger partial charge < -0.3 is 10.7 Å². The average molecular weight is 214 g/mol. The zero-order valence-electron chi connectivity index (χ0n) is 9.03. The van der Waals surface area contributed by atoms with E-state index in [9.17, 15) is 0 Å². The molecule has 0 aliphatic carbocycles. The number of fused-ring (bicyclic) bond motifs is 1. The maximum Gasteiger partial charge on any atom is 0.232 e. The normalized spacial score (nSPS) is 10.5. The second kappa shape index (κ2) is 4.77. The summed E-state index contributed by atoms with van der Waals surface area (Å²) < 4.78 is 0.